The first-order valence-electron chi connectivity index (χ1n) is 8.78. The summed E-state index contributed by atoms with van der Waals surface area (Å²) in [4.78, 5) is 2.57. The summed E-state index contributed by atoms with van der Waals surface area (Å²) in [6.07, 6.45) is 5.50. The maximum Gasteiger partial charge on any atom is 0.131 e. The third kappa shape index (κ3) is 3.70. The molecule has 1 saturated heterocycles. The Morgan fingerprint density at radius 1 is 1.17 bits per heavy atom. The second kappa shape index (κ2) is 6.17. The van der Waals surface area contributed by atoms with Gasteiger partial charge >= 0.3 is 0 Å². The Kier molecular flexibility index (Phi) is 4.38. The fourth-order valence-corrected chi connectivity index (χ4v) is 4.06. The molecular weight excluding hydrogens is 284 g/mol. The molecule has 0 unspecified atom stereocenters. The molecule has 1 aromatic carbocycles. The van der Waals surface area contributed by atoms with Gasteiger partial charge in [0.15, 0.2) is 0 Å². The fourth-order valence-electron chi connectivity index (χ4n) is 4.06. The van der Waals surface area contributed by atoms with E-state index in [1.54, 1.807) is 0 Å². The number of hydrogen-bond acceptors (Lipinski definition) is 3. The van der Waals surface area contributed by atoms with E-state index in [1.807, 2.05) is 0 Å². The maximum atomic E-state index is 8.97. The molecule has 0 bridgehead atoms. The van der Waals surface area contributed by atoms with E-state index in [0.29, 0.717) is 12.5 Å². The van der Waals surface area contributed by atoms with Crippen LogP contribution in [0.15, 0.2) is 24.3 Å². The Labute approximate surface area is 140 Å². The van der Waals surface area contributed by atoms with Crippen molar-refractivity contribution >= 4 is 0 Å². The Morgan fingerprint density at radius 3 is 2.35 bits per heavy atom. The number of hydrogen-bond donors (Lipinski definition) is 0. The number of likely N-dealkylation sites (tertiary alicyclic amines) is 1. The van der Waals surface area contributed by atoms with Crippen molar-refractivity contribution in [1.82, 2.24) is 4.90 Å². The van der Waals surface area contributed by atoms with Gasteiger partial charge in [0.2, 0.25) is 0 Å². The first-order chi connectivity index (χ1) is 10.9. The molecule has 1 aliphatic carbocycles. The summed E-state index contributed by atoms with van der Waals surface area (Å²) >= 11 is 0. The summed E-state index contributed by atoms with van der Waals surface area (Å²) in [5.41, 5.74) is 1.46. The molecule has 0 radical (unpaired) electrons. The third-order valence-electron chi connectivity index (χ3n) is 5.64. The van der Waals surface area contributed by atoms with Crippen molar-refractivity contribution < 1.29 is 4.74 Å². The third-order valence-corrected chi connectivity index (χ3v) is 5.64. The summed E-state index contributed by atoms with van der Waals surface area (Å²) in [6, 6.07) is 11.4. The molecule has 1 saturated carbocycles. The molecule has 2 aliphatic rings. The van der Waals surface area contributed by atoms with Crippen LogP contribution in [0.1, 0.15) is 51.5 Å². The highest BCUT2D eigenvalue weighted by atomic mass is 16.5. The van der Waals surface area contributed by atoms with Crippen molar-refractivity contribution in [3.05, 3.63) is 29.8 Å². The lowest BCUT2D eigenvalue weighted by molar-refractivity contribution is -0.0946. The summed E-state index contributed by atoms with van der Waals surface area (Å²) in [7, 11) is 0. The molecule has 1 aromatic rings. The van der Waals surface area contributed by atoms with E-state index >= 15 is 0 Å². The van der Waals surface area contributed by atoms with E-state index in [9.17, 15) is 0 Å². The molecule has 3 rings (SSSR count). The van der Waals surface area contributed by atoms with Crippen LogP contribution in [0.2, 0.25) is 0 Å². The van der Waals surface area contributed by atoms with Crippen LogP contribution in [0.25, 0.3) is 0 Å². The number of nitrogens with zero attached hydrogens (tertiary/aromatic N) is 2. The van der Waals surface area contributed by atoms with E-state index in [2.05, 4.69) is 56.0 Å². The molecule has 0 N–H and O–H groups in total. The predicted molar refractivity (Wildman–Crippen MR) is 92.4 cm³/mol. The fraction of sp³-hybridized carbons (Fsp3) is 0.650. The maximum absolute atomic E-state index is 8.97. The van der Waals surface area contributed by atoms with E-state index < -0.39 is 0 Å². The average molecular weight is 312 g/mol. The zero-order valence-corrected chi connectivity index (χ0v) is 14.6. The van der Waals surface area contributed by atoms with Crippen molar-refractivity contribution in [2.24, 2.45) is 5.41 Å². The van der Waals surface area contributed by atoms with E-state index in [0.717, 1.165) is 18.8 Å². The molecular formula is C20H28N2O. The minimum Gasteiger partial charge on any atom is -0.485 e. The molecule has 1 heterocycles. The van der Waals surface area contributed by atoms with Gasteiger partial charge in [0.05, 0.1) is 6.07 Å². The average Bonchev–Trinajstić information content (AvgIpc) is 2.48. The number of rotatable bonds is 4. The number of ether oxygens (including phenoxy) is 1. The summed E-state index contributed by atoms with van der Waals surface area (Å²) in [6.45, 7) is 8.61. The second-order valence-corrected chi connectivity index (χ2v) is 8.15. The highest BCUT2D eigenvalue weighted by Gasteiger charge is 2.45. The van der Waals surface area contributed by atoms with Crippen LogP contribution in [0.3, 0.4) is 0 Å². The molecule has 3 heteroatoms. The molecule has 0 spiro atoms. The molecule has 1 aliphatic heterocycles. The van der Waals surface area contributed by atoms with E-state index in [-0.39, 0.29) is 11.0 Å². The van der Waals surface area contributed by atoms with Crippen molar-refractivity contribution in [3.63, 3.8) is 0 Å². The zero-order valence-electron chi connectivity index (χ0n) is 14.6. The van der Waals surface area contributed by atoms with Gasteiger partial charge in [0.1, 0.15) is 11.4 Å². The van der Waals surface area contributed by atoms with Crippen molar-refractivity contribution in [1.29, 1.82) is 5.26 Å². The molecule has 3 nitrogen and oxygen atoms in total. The molecule has 0 atom stereocenters. The van der Waals surface area contributed by atoms with Crippen molar-refractivity contribution in [2.45, 2.75) is 64.5 Å². The normalized spacial score (nSPS) is 30.3. The minimum atomic E-state index is -0.0529. The van der Waals surface area contributed by atoms with Gasteiger partial charge in [-0.25, -0.2) is 0 Å². The lowest BCUT2D eigenvalue weighted by Gasteiger charge is -2.53. The Hall–Kier alpha value is -1.53. The Balaban J connectivity index is 1.49. The molecule has 0 aromatic heterocycles. The first-order valence-corrected chi connectivity index (χ1v) is 8.78. The van der Waals surface area contributed by atoms with Crippen LogP contribution in [0.4, 0.5) is 0 Å². The topological polar surface area (TPSA) is 36.3 Å². The van der Waals surface area contributed by atoms with Gasteiger partial charge in [-0.1, -0.05) is 24.6 Å². The Bertz CT molecular complexity index is 573. The summed E-state index contributed by atoms with van der Waals surface area (Å²) in [5.74, 6) is 0.975. The Morgan fingerprint density at radius 2 is 1.78 bits per heavy atom. The van der Waals surface area contributed by atoms with Gasteiger partial charge in [-0.3, -0.25) is 4.90 Å². The van der Waals surface area contributed by atoms with Crippen molar-refractivity contribution in [3.8, 4) is 11.8 Å². The van der Waals surface area contributed by atoms with Gasteiger partial charge in [0.25, 0.3) is 0 Å². The van der Waals surface area contributed by atoms with Crippen LogP contribution in [0.5, 0.6) is 5.75 Å². The van der Waals surface area contributed by atoms with Gasteiger partial charge in [-0.15, -0.1) is 0 Å². The standard InChI is InChI=1S/C20H28N2O/c1-16-4-6-18(7-5-16)23-20(3)14-22(15-20)17-8-10-19(2,11-9-17)12-13-21/h4-7,17H,8-12,14-15H2,1-3H3. The van der Waals surface area contributed by atoms with Gasteiger partial charge in [-0.2, -0.15) is 5.26 Å². The monoisotopic (exact) mass is 312 g/mol. The number of aryl methyl sites for hydroxylation is 1. The zero-order chi connectivity index (χ0) is 16.5. The summed E-state index contributed by atoms with van der Waals surface area (Å²) < 4.78 is 6.21. The van der Waals surface area contributed by atoms with Gasteiger partial charge in [0, 0.05) is 25.6 Å². The largest absolute Gasteiger partial charge is 0.485 e. The smallest absolute Gasteiger partial charge is 0.131 e. The van der Waals surface area contributed by atoms with Crippen LogP contribution in [0, 0.1) is 23.7 Å². The molecule has 124 valence electrons. The molecule has 2 fully saturated rings. The van der Waals surface area contributed by atoms with Crippen LogP contribution >= 0.6 is 0 Å². The van der Waals surface area contributed by atoms with Crippen LogP contribution < -0.4 is 4.74 Å². The predicted octanol–water partition coefficient (Wildman–Crippen LogP) is 4.31. The van der Waals surface area contributed by atoms with E-state index in [4.69, 9.17) is 10.00 Å². The number of nitriles is 1. The quantitative estimate of drug-likeness (QED) is 0.831. The van der Waals surface area contributed by atoms with Gasteiger partial charge in [-0.05, 0) is 57.1 Å². The van der Waals surface area contributed by atoms with Gasteiger partial charge < -0.3 is 4.74 Å². The second-order valence-electron chi connectivity index (χ2n) is 8.15. The van der Waals surface area contributed by atoms with Crippen LogP contribution in [-0.2, 0) is 0 Å². The lowest BCUT2D eigenvalue weighted by Crippen LogP contribution is -2.66. The highest BCUT2D eigenvalue weighted by molar-refractivity contribution is 5.27. The lowest BCUT2D eigenvalue weighted by atomic mass is 9.71. The number of benzene rings is 1. The first kappa shape index (κ1) is 16.3. The highest BCUT2D eigenvalue weighted by Crippen LogP contribution is 2.42. The SMILES string of the molecule is Cc1ccc(OC2(C)CN(C3CCC(C)(CC#N)CC3)C2)cc1. The molecule has 0 amide bonds. The minimum absolute atomic E-state index is 0.0529. The van der Waals surface area contributed by atoms with Crippen molar-refractivity contribution in [2.75, 3.05) is 13.1 Å². The summed E-state index contributed by atoms with van der Waals surface area (Å²) in [5, 5.41) is 8.97. The molecule has 23 heavy (non-hydrogen) atoms. The van der Waals surface area contributed by atoms with Crippen LogP contribution in [-0.4, -0.2) is 29.6 Å². The van der Waals surface area contributed by atoms with E-state index in [1.165, 1.54) is 31.2 Å².